The number of ether oxygens (including phenoxy) is 1. The molecule has 3 heteroatoms. The fourth-order valence-corrected chi connectivity index (χ4v) is 5.52. The van der Waals surface area contributed by atoms with Gasteiger partial charge in [-0.1, -0.05) is 44.6 Å². The van der Waals surface area contributed by atoms with Gasteiger partial charge in [0.15, 0.2) is 11.6 Å². The van der Waals surface area contributed by atoms with Crippen LogP contribution >= 0.6 is 0 Å². The van der Waals surface area contributed by atoms with E-state index in [2.05, 4.69) is 13.5 Å². The predicted octanol–water partition coefficient (Wildman–Crippen LogP) is 7.39. The molecule has 150 valence electrons. The highest BCUT2D eigenvalue weighted by Crippen LogP contribution is 2.49. The van der Waals surface area contributed by atoms with E-state index in [4.69, 9.17) is 4.74 Å². The first-order valence-electron chi connectivity index (χ1n) is 10.8. The molecule has 4 rings (SSSR count). The molecule has 0 bridgehead atoms. The van der Waals surface area contributed by atoms with Gasteiger partial charge in [-0.2, -0.15) is 0 Å². The van der Waals surface area contributed by atoms with Crippen LogP contribution in [-0.2, 0) is 0 Å². The zero-order valence-corrected chi connectivity index (χ0v) is 16.7. The van der Waals surface area contributed by atoms with Gasteiger partial charge in [0.05, 0.1) is 0 Å². The predicted molar refractivity (Wildman–Crippen MR) is 111 cm³/mol. The van der Waals surface area contributed by atoms with Gasteiger partial charge < -0.3 is 4.74 Å². The second-order valence-electron chi connectivity index (χ2n) is 8.69. The fourth-order valence-electron chi connectivity index (χ4n) is 5.52. The van der Waals surface area contributed by atoms with Crippen LogP contribution in [0.4, 0.5) is 8.78 Å². The van der Waals surface area contributed by atoms with Gasteiger partial charge in [0, 0.05) is 5.39 Å². The summed E-state index contributed by atoms with van der Waals surface area (Å²) in [4.78, 5) is 0. The topological polar surface area (TPSA) is 9.23 Å². The Morgan fingerprint density at radius 1 is 1.07 bits per heavy atom. The first-order chi connectivity index (χ1) is 13.6. The molecular formula is C25H30F2O. The zero-order valence-electron chi connectivity index (χ0n) is 16.7. The van der Waals surface area contributed by atoms with Crippen molar-refractivity contribution in [2.24, 2.45) is 17.8 Å². The molecule has 28 heavy (non-hydrogen) atoms. The van der Waals surface area contributed by atoms with Crippen molar-refractivity contribution in [3.05, 3.63) is 54.1 Å². The van der Waals surface area contributed by atoms with Gasteiger partial charge in [0.25, 0.3) is 0 Å². The molecule has 0 amide bonds. The molecule has 0 N–H and O–H groups in total. The van der Waals surface area contributed by atoms with E-state index in [1.165, 1.54) is 38.2 Å². The summed E-state index contributed by atoms with van der Waals surface area (Å²) in [5.74, 6) is 2.06. The average molecular weight is 385 g/mol. The quantitative estimate of drug-likeness (QED) is 0.488. The molecule has 0 radical (unpaired) electrons. The largest absolute Gasteiger partial charge is 0.486 e. The standard InChI is InChI=1S/C25H30F2O/c1-3-11-28-24-14-20-9-10-21(25(27)22(20)15-23(24)26)19-8-7-17-12-16(4-2)5-6-18(17)13-19/h3,9-10,14-19H,1,4-8,11-13H2,2H3. The minimum absolute atomic E-state index is 0.146. The SMILES string of the molecule is C=CCOc1cc2ccc(C3CCC4CC(CC)CCC4C3)c(F)c2cc1F. The van der Waals surface area contributed by atoms with E-state index in [1.54, 1.807) is 12.1 Å². The molecule has 0 saturated heterocycles. The van der Waals surface area contributed by atoms with Crippen LogP contribution in [0.1, 0.15) is 63.4 Å². The Morgan fingerprint density at radius 2 is 1.86 bits per heavy atom. The summed E-state index contributed by atoms with van der Waals surface area (Å²) in [6.07, 6.45) is 10.1. The van der Waals surface area contributed by atoms with Gasteiger partial charge in [-0.3, -0.25) is 0 Å². The molecule has 2 aromatic carbocycles. The Balaban J connectivity index is 1.58. The lowest BCUT2D eigenvalue weighted by molar-refractivity contribution is 0.116. The molecule has 0 spiro atoms. The maximum Gasteiger partial charge on any atom is 0.165 e. The van der Waals surface area contributed by atoms with Gasteiger partial charge in [-0.05, 0) is 78.9 Å². The lowest BCUT2D eigenvalue weighted by Gasteiger charge is -2.42. The highest BCUT2D eigenvalue weighted by molar-refractivity contribution is 5.85. The number of rotatable bonds is 5. The van der Waals surface area contributed by atoms with Crippen molar-refractivity contribution >= 4 is 10.8 Å². The third-order valence-electron chi connectivity index (χ3n) is 7.13. The average Bonchev–Trinajstić information content (AvgIpc) is 2.72. The third kappa shape index (κ3) is 3.68. The molecular weight excluding hydrogens is 354 g/mol. The lowest BCUT2D eigenvalue weighted by Crippen LogP contribution is -2.30. The Hall–Kier alpha value is -1.90. The normalized spacial score (nSPS) is 27.4. The maximum absolute atomic E-state index is 15.3. The number of halogens is 2. The summed E-state index contributed by atoms with van der Waals surface area (Å²) in [7, 11) is 0. The van der Waals surface area contributed by atoms with Crippen molar-refractivity contribution in [3.8, 4) is 5.75 Å². The van der Waals surface area contributed by atoms with Crippen molar-refractivity contribution < 1.29 is 13.5 Å². The summed E-state index contributed by atoms with van der Waals surface area (Å²) in [6.45, 7) is 6.10. The van der Waals surface area contributed by atoms with E-state index in [9.17, 15) is 4.39 Å². The highest BCUT2D eigenvalue weighted by atomic mass is 19.1. The molecule has 2 saturated carbocycles. The smallest absolute Gasteiger partial charge is 0.165 e. The summed E-state index contributed by atoms with van der Waals surface area (Å²) >= 11 is 0. The Bertz CT molecular complexity index is 859. The van der Waals surface area contributed by atoms with Crippen LogP contribution in [-0.4, -0.2) is 6.61 Å². The van der Waals surface area contributed by atoms with Crippen LogP contribution in [0.5, 0.6) is 5.75 Å². The van der Waals surface area contributed by atoms with Crippen LogP contribution in [0, 0.1) is 29.4 Å². The van der Waals surface area contributed by atoms with Gasteiger partial charge in [-0.15, -0.1) is 0 Å². The fraction of sp³-hybridized carbons (Fsp3) is 0.520. The number of benzene rings is 2. The Kier molecular flexibility index (Phi) is 5.70. The van der Waals surface area contributed by atoms with Crippen LogP contribution in [0.3, 0.4) is 0 Å². The lowest BCUT2D eigenvalue weighted by atomic mass is 9.63. The van der Waals surface area contributed by atoms with Crippen LogP contribution < -0.4 is 4.74 Å². The van der Waals surface area contributed by atoms with Crippen molar-refractivity contribution in [3.63, 3.8) is 0 Å². The van der Waals surface area contributed by atoms with E-state index in [-0.39, 0.29) is 24.1 Å². The minimum atomic E-state index is -0.521. The van der Waals surface area contributed by atoms with Gasteiger partial charge in [-0.25, -0.2) is 8.78 Å². The van der Waals surface area contributed by atoms with Crippen molar-refractivity contribution in [1.82, 2.24) is 0 Å². The number of fused-ring (bicyclic) bond motifs is 2. The Labute approximate surface area is 166 Å². The summed E-state index contributed by atoms with van der Waals surface area (Å²) in [5, 5.41) is 1.04. The third-order valence-corrected chi connectivity index (χ3v) is 7.13. The minimum Gasteiger partial charge on any atom is -0.486 e. The number of hydrogen-bond donors (Lipinski definition) is 0. The van der Waals surface area contributed by atoms with E-state index in [0.29, 0.717) is 10.8 Å². The number of hydrogen-bond acceptors (Lipinski definition) is 1. The molecule has 0 heterocycles. The molecule has 2 aromatic rings. The van der Waals surface area contributed by atoms with Gasteiger partial charge >= 0.3 is 0 Å². The highest BCUT2D eigenvalue weighted by Gasteiger charge is 2.36. The molecule has 0 aromatic heterocycles. The summed E-state index contributed by atoms with van der Waals surface area (Å²) in [6, 6.07) is 6.69. The molecule has 0 aliphatic heterocycles. The second kappa shape index (κ2) is 8.23. The summed E-state index contributed by atoms with van der Waals surface area (Å²) in [5.41, 5.74) is 0.766. The van der Waals surface area contributed by atoms with E-state index < -0.39 is 5.82 Å². The van der Waals surface area contributed by atoms with Crippen LogP contribution in [0.15, 0.2) is 36.9 Å². The molecule has 2 aliphatic carbocycles. The van der Waals surface area contributed by atoms with Crippen molar-refractivity contribution in [2.45, 2.75) is 57.8 Å². The molecule has 2 aliphatic rings. The first-order valence-corrected chi connectivity index (χ1v) is 10.8. The van der Waals surface area contributed by atoms with Gasteiger partial charge in [0.2, 0.25) is 0 Å². The van der Waals surface area contributed by atoms with E-state index >= 15 is 4.39 Å². The molecule has 4 atom stereocenters. The summed E-state index contributed by atoms with van der Waals surface area (Å²) < 4.78 is 35.0. The van der Waals surface area contributed by atoms with Gasteiger partial charge in [0.1, 0.15) is 12.4 Å². The van der Waals surface area contributed by atoms with E-state index in [0.717, 1.165) is 36.2 Å². The first kappa shape index (κ1) is 19.4. The van der Waals surface area contributed by atoms with Crippen molar-refractivity contribution in [2.75, 3.05) is 6.61 Å². The second-order valence-corrected chi connectivity index (χ2v) is 8.69. The van der Waals surface area contributed by atoms with Crippen LogP contribution in [0.25, 0.3) is 10.8 Å². The maximum atomic E-state index is 15.3. The zero-order chi connectivity index (χ0) is 19.7. The van der Waals surface area contributed by atoms with E-state index in [1.807, 2.05) is 12.1 Å². The monoisotopic (exact) mass is 384 g/mol. The Morgan fingerprint density at radius 3 is 2.64 bits per heavy atom. The molecule has 2 fully saturated rings. The molecule has 4 unspecified atom stereocenters. The van der Waals surface area contributed by atoms with Crippen molar-refractivity contribution in [1.29, 1.82) is 0 Å². The van der Waals surface area contributed by atoms with Crippen LogP contribution in [0.2, 0.25) is 0 Å². The molecule has 1 nitrogen and oxygen atoms in total.